The Kier molecular flexibility index (Phi) is 6.87. The lowest BCUT2D eigenvalue weighted by atomic mass is 9.91. The van der Waals surface area contributed by atoms with Crippen molar-refractivity contribution in [2.75, 3.05) is 6.61 Å². The van der Waals surface area contributed by atoms with Crippen LogP contribution in [-0.2, 0) is 0 Å². The van der Waals surface area contributed by atoms with Gasteiger partial charge in [0, 0.05) is 5.56 Å². The van der Waals surface area contributed by atoms with Crippen molar-refractivity contribution in [1.82, 2.24) is 9.97 Å². The van der Waals surface area contributed by atoms with Crippen molar-refractivity contribution < 1.29 is 24.5 Å². The van der Waals surface area contributed by atoms with E-state index in [9.17, 15) is 24.5 Å². The molecule has 1 unspecified atom stereocenters. The first-order valence-corrected chi connectivity index (χ1v) is 12.1. The number of ketones is 1. The summed E-state index contributed by atoms with van der Waals surface area (Å²) in [6, 6.07) is 25.2. The minimum absolute atomic E-state index is 0.120. The number of aliphatic hydroxyl groups is 3. The van der Waals surface area contributed by atoms with Crippen LogP contribution in [0.2, 0.25) is 0 Å². The molecule has 190 valence electrons. The molecule has 1 aromatic heterocycles. The monoisotopic (exact) mass is 508 g/mol. The highest BCUT2D eigenvalue weighted by atomic mass is 19.1. The minimum Gasteiger partial charge on any atom is -0.506 e. The second kappa shape index (κ2) is 10.4. The van der Waals surface area contributed by atoms with Gasteiger partial charge in [0.25, 0.3) is 0 Å². The molecule has 1 heterocycles. The zero-order valence-corrected chi connectivity index (χ0v) is 20.5. The Labute approximate surface area is 218 Å². The summed E-state index contributed by atoms with van der Waals surface area (Å²) >= 11 is 0. The molecule has 4 aromatic carbocycles. The molecule has 4 N–H and O–H groups in total. The number of rotatable bonds is 7. The van der Waals surface area contributed by atoms with Crippen LogP contribution in [0.3, 0.4) is 0 Å². The maximum Gasteiger partial charge on any atom is 0.203 e. The van der Waals surface area contributed by atoms with E-state index in [1.54, 1.807) is 55.5 Å². The molecule has 0 bridgehead atoms. The SMILES string of the molecule is Cc1c(/C(O)=C(\C(=O)c2ccccc2F)c2nc3ccccc3[nH]2)cccc1-c1cccc(C(O)CO)c1. The standard InChI is InChI=1S/C31H25FN2O4/c1-18-21(19-8-6-9-20(16-19)27(36)17-35)11-7-12-22(18)29(37)28(30(38)23-10-2-3-13-24(23)32)31-33-25-14-4-5-15-26(25)34-31/h2-16,27,35-37H,17H2,1H3,(H,33,34)/b29-28-. The smallest absolute Gasteiger partial charge is 0.203 e. The molecule has 1 atom stereocenters. The molecule has 0 amide bonds. The number of aromatic amines is 1. The van der Waals surface area contributed by atoms with Crippen LogP contribution in [0.4, 0.5) is 4.39 Å². The molecule has 0 fully saturated rings. The Morgan fingerprint density at radius 1 is 0.947 bits per heavy atom. The van der Waals surface area contributed by atoms with Gasteiger partial charge in [-0.25, -0.2) is 9.37 Å². The number of aliphatic hydroxyl groups excluding tert-OH is 3. The highest BCUT2D eigenvalue weighted by Gasteiger charge is 2.26. The second-order valence-corrected chi connectivity index (χ2v) is 8.94. The number of imidazole rings is 1. The number of hydrogen-bond acceptors (Lipinski definition) is 5. The van der Waals surface area contributed by atoms with Gasteiger partial charge in [-0.2, -0.15) is 0 Å². The van der Waals surface area contributed by atoms with E-state index in [0.29, 0.717) is 27.7 Å². The Morgan fingerprint density at radius 2 is 1.66 bits per heavy atom. The lowest BCUT2D eigenvalue weighted by molar-refractivity contribution is 0.0956. The average molecular weight is 509 g/mol. The lowest BCUT2D eigenvalue weighted by Gasteiger charge is -2.15. The van der Waals surface area contributed by atoms with Crippen LogP contribution in [0.5, 0.6) is 0 Å². The van der Waals surface area contributed by atoms with Crippen molar-refractivity contribution >= 4 is 28.1 Å². The van der Waals surface area contributed by atoms with E-state index in [0.717, 1.165) is 11.1 Å². The number of para-hydroxylation sites is 2. The molecule has 0 saturated carbocycles. The Morgan fingerprint density at radius 3 is 2.42 bits per heavy atom. The van der Waals surface area contributed by atoms with Crippen LogP contribution in [-0.4, -0.2) is 37.7 Å². The summed E-state index contributed by atoms with van der Waals surface area (Å²) < 4.78 is 14.7. The first-order valence-electron chi connectivity index (χ1n) is 12.1. The van der Waals surface area contributed by atoms with Crippen LogP contribution in [0, 0.1) is 12.7 Å². The van der Waals surface area contributed by atoms with Crippen LogP contribution >= 0.6 is 0 Å². The number of halogens is 1. The average Bonchev–Trinajstić information content (AvgIpc) is 3.36. The molecule has 0 aliphatic carbocycles. The molecule has 7 heteroatoms. The number of hydrogen-bond donors (Lipinski definition) is 4. The van der Waals surface area contributed by atoms with Gasteiger partial charge in [0.2, 0.25) is 5.78 Å². The Bertz CT molecular complexity index is 1660. The minimum atomic E-state index is -1.02. The highest BCUT2D eigenvalue weighted by Crippen LogP contribution is 2.34. The number of carbonyl (C=O) groups is 1. The van der Waals surface area contributed by atoms with Crippen molar-refractivity contribution in [2.45, 2.75) is 13.0 Å². The molecular weight excluding hydrogens is 483 g/mol. The third-order valence-corrected chi connectivity index (χ3v) is 6.55. The number of allylic oxidation sites excluding steroid dienone is 1. The van der Waals surface area contributed by atoms with Gasteiger partial charge in [0.05, 0.1) is 23.2 Å². The molecule has 6 nitrogen and oxygen atoms in total. The van der Waals surface area contributed by atoms with Crippen molar-refractivity contribution in [3.8, 4) is 11.1 Å². The zero-order chi connectivity index (χ0) is 26.8. The van der Waals surface area contributed by atoms with Crippen LogP contribution in [0.15, 0.2) is 91.0 Å². The summed E-state index contributed by atoms with van der Waals surface area (Å²) in [7, 11) is 0. The van der Waals surface area contributed by atoms with Crippen molar-refractivity contribution in [3.05, 3.63) is 125 Å². The fourth-order valence-corrected chi connectivity index (χ4v) is 4.54. The number of fused-ring (bicyclic) bond motifs is 1. The fourth-order valence-electron chi connectivity index (χ4n) is 4.54. The highest BCUT2D eigenvalue weighted by molar-refractivity contribution is 6.33. The first kappa shape index (κ1) is 25.1. The van der Waals surface area contributed by atoms with E-state index in [4.69, 9.17) is 0 Å². The molecule has 0 aliphatic rings. The van der Waals surface area contributed by atoms with E-state index in [-0.39, 0.29) is 22.7 Å². The van der Waals surface area contributed by atoms with E-state index in [1.807, 2.05) is 24.3 Å². The van der Waals surface area contributed by atoms with E-state index >= 15 is 0 Å². The van der Waals surface area contributed by atoms with Gasteiger partial charge in [-0.05, 0) is 59.5 Å². The molecule has 0 radical (unpaired) electrons. The number of Topliss-reactive ketones (excluding diaryl/α,β-unsaturated/α-hetero) is 1. The largest absolute Gasteiger partial charge is 0.506 e. The predicted molar refractivity (Wildman–Crippen MR) is 145 cm³/mol. The van der Waals surface area contributed by atoms with Crippen LogP contribution in [0.1, 0.15) is 39.0 Å². The number of nitrogens with zero attached hydrogens (tertiary/aromatic N) is 1. The predicted octanol–water partition coefficient (Wildman–Crippen LogP) is 6.01. The van der Waals surface area contributed by atoms with Crippen molar-refractivity contribution in [1.29, 1.82) is 0 Å². The molecule has 5 aromatic rings. The van der Waals surface area contributed by atoms with E-state index in [2.05, 4.69) is 9.97 Å². The molecule has 0 aliphatic heterocycles. The third kappa shape index (κ3) is 4.61. The zero-order valence-electron chi connectivity index (χ0n) is 20.5. The summed E-state index contributed by atoms with van der Waals surface area (Å²) in [4.78, 5) is 21.3. The quantitative estimate of drug-likeness (QED) is 0.122. The number of aromatic nitrogens is 2. The number of benzene rings is 4. The lowest BCUT2D eigenvalue weighted by Crippen LogP contribution is -2.10. The Hall–Kier alpha value is -4.59. The van der Waals surface area contributed by atoms with E-state index in [1.165, 1.54) is 18.2 Å². The van der Waals surface area contributed by atoms with Gasteiger partial charge >= 0.3 is 0 Å². The van der Waals surface area contributed by atoms with E-state index < -0.39 is 24.3 Å². The third-order valence-electron chi connectivity index (χ3n) is 6.55. The van der Waals surface area contributed by atoms with Gasteiger partial charge in [-0.1, -0.05) is 60.7 Å². The second-order valence-electron chi connectivity index (χ2n) is 8.94. The van der Waals surface area contributed by atoms with Gasteiger partial charge < -0.3 is 20.3 Å². The fraction of sp³-hybridized carbons (Fsp3) is 0.0968. The summed E-state index contributed by atoms with van der Waals surface area (Å²) in [5.74, 6) is -1.64. The van der Waals surface area contributed by atoms with Crippen molar-refractivity contribution in [3.63, 3.8) is 0 Å². The van der Waals surface area contributed by atoms with Gasteiger partial charge in [0.15, 0.2) is 0 Å². The van der Waals surface area contributed by atoms with Crippen LogP contribution < -0.4 is 0 Å². The van der Waals surface area contributed by atoms with Gasteiger partial charge in [-0.3, -0.25) is 4.79 Å². The number of nitrogens with one attached hydrogen (secondary N) is 1. The molecular formula is C31H25FN2O4. The summed E-state index contributed by atoms with van der Waals surface area (Å²) in [6.07, 6.45) is -1.02. The molecule has 5 rings (SSSR count). The maximum atomic E-state index is 14.7. The maximum absolute atomic E-state index is 14.7. The number of carbonyl (C=O) groups excluding carboxylic acids is 1. The van der Waals surface area contributed by atoms with Gasteiger partial charge in [0.1, 0.15) is 29.1 Å². The molecule has 38 heavy (non-hydrogen) atoms. The summed E-state index contributed by atoms with van der Waals surface area (Å²) in [5, 5.41) is 31.1. The normalized spacial score (nSPS) is 12.8. The van der Waals surface area contributed by atoms with Crippen LogP contribution in [0.25, 0.3) is 33.5 Å². The number of H-pyrrole nitrogens is 1. The Balaban J connectivity index is 1.71. The van der Waals surface area contributed by atoms with Gasteiger partial charge in [-0.15, -0.1) is 0 Å². The molecule has 0 spiro atoms. The van der Waals surface area contributed by atoms with Crippen molar-refractivity contribution in [2.24, 2.45) is 0 Å². The summed E-state index contributed by atoms with van der Waals surface area (Å²) in [6.45, 7) is 1.39. The topological polar surface area (TPSA) is 106 Å². The summed E-state index contributed by atoms with van der Waals surface area (Å²) in [5.41, 5.74) is 4.01. The first-order chi connectivity index (χ1) is 18.4. The molecule has 0 saturated heterocycles.